The van der Waals surface area contributed by atoms with E-state index in [1.165, 1.54) is 0 Å². The second kappa shape index (κ2) is 6.93. The molecule has 0 radical (unpaired) electrons. The summed E-state index contributed by atoms with van der Waals surface area (Å²) in [6.07, 6.45) is 0.690. The topological polar surface area (TPSA) is 107 Å². The first kappa shape index (κ1) is 18.5. The number of aliphatic hydroxyl groups is 1. The van der Waals surface area contributed by atoms with Gasteiger partial charge >= 0.3 is 6.18 Å². The second-order valence-corrected chi connectivity index (χ2v) is 6.86. The van der Waals surface area contributed by atoms with E-state index in [1.54, 1.807) is 12.3 Å². The maximum absolute atomic E-state index is 12.8. The molecule has 1 fully saturated rings. The van der Waals surface area contributed by atoms with E-state index in [0.29, 0.717) is 35.4 Å². The van der Waals surface area contributed by atoms with Crippen LogP contribution in [0.25, 0.3) is 22.3 Å². The van der Waals surface area contributed by atoms with Crippen LogP contribution in [-0.4, -0.2) is 42.5 Å². The lowest BCUT2D eigenvalue weighted by atomic mass is 9.92. The fraction of sp³-hybridized carbons (Fsp3) is 0.389. The monoisotopic (exact) mass is 393 g/mol. The minimum absolute atomic E-state index is 0.0998. The first-order valence-electron chi connectivity index (χ1n) is 8.89. The Balaban J connectivity index is 1.71. The minimum atomic E-state index is -4.61. The predicted octanol–water partition coefficient (Wildman–Crippen LogP) is 3.46. The number of H-pyrrole nitrogens is 1. The quantitative estimate of drug-likeness (QED) is 0.543. The molecule has 148 valence electrons. The standard InChI is InChI=1S/C18H18F3N5O2/c19-18(20,21)9-7-13(28)15(23-8-9)16-14-10(5-6-22-14)17(26-25-16)24-11-3-1-2-4-12(11)27/h5-8,11-12,22,27-28H,1-4H2,(H,24,26)/t11-,12-/m1/s1. The summed E-state index contributed by atoms with van der Waals surface area (Å²) in [6, 6.07) is 2.21. The summed E-state index contributed by atoms with van der Waals surface area (Å²) >= 11 is 0. The molecule has 3 heterocycles. The molecule has 2 atom stereocenters. The van der Waals surface area contributed by atoms with Gasteiger partial charge in [-0.2, -0.15) is 13.2 Å². The molecule has 3 aromatic rings. The van der Waals surface area contributed by atoms with Gasteiger partial charge < -0.3 is 20.5 Å². The number of hydrogen-bond donors (Lipinski definition) is 4. The number of nitrogens with zero attached hydrogens (tertiary/aromatic N) is 3. The van der Waals surface area contributed by atoms with E-state index >= 15 is 0 Å². The molecular formula is C18H18F3N5O2. The molecular weight excluding hydrogens is 375 g/mol. The zero-order valence-electron chi connectivity index (χ0n) is 14.7. The third-order valence-electron chi connectivity index (χ3n) is 4.96. The van der Waals surface area contributed by atoms with Crippen LogP contribution in [0, 0.1) is 0 Å². The molecule has 3 aromatic heterocycles. The Hall–Kier alpha value is -2.88. The van der Waals surface area contributed by atoms with Crippen LogP contribution < -0.4 is 5.32 Å². The number of anilines is 1. The third kappa shape index (κ3) is 3.35. The lowest BCUT2D eigenvalue weighted by Crippen LogP contribution is -2.36. The smallest absolute Gasteiger partial charge is 0.418 e. The molecule has 0 amide bonds. The SMILES string of the molecule is Oc1cc(C(F)(F)F)cnc1-c1nnc(N[C@@H]2CCCC[C@H]2O)c2cc[nH]c12. The first-order chi connectivity index (χ1) is 13.3. The highest BCUT2D eigenvalue weighted by Crippen LogP contribution is 2.37. The zero-order chi connectivity index (χ0) is 19.9. The van der Waals surface area contributed by atoms with Gasteiger partial charge in [0.2, 0.25) is 0 Å². The van der Waals surface area contributed by atoms with E-state index in [2.05, 4.69) is 25.5 Å². The fourth-order valence-corrected chi connectivity index (χ4v) is 3.48. The van der Waals surface area contributed by atoms with E-state index in [-0.39, 0.29) is 17.4 Å². The van der Waals surface area contributed by atoms with Crippen molar-refractivity contribution in [1.82, 2.24) is 20.2 Å². The summed E-state index contributed by atoms with van der Waals surface area (Å²) in [4.78, 5) is 6.72. The zero-order valence-corrected chi connectivity index (χ0v) is 14.7. The lowest BCUT2D eigenvalue weighted by molar-refractivity contribution is -0.137. The van der Waals surface area contributed by atoms with Crippen LogP contribution in [0.4, 0.5) is 19.0 Å². The summed E-state index contributed by atoms with van der Waals surface area (Å²) in [6.45, 7) is 0. The first-order valence-corrected chi connectivity index (χ1v) is 8.89. The van der Waals surface area contributed by atoms with Gasteiger partial charge in [0.05, 0.1) is 23.2 Å². The molecule has 0 saturated heterocycles. The Labute approximate surface area is 157 Å². The number of aliphatic hydroxyl groups excluding tert-OH is 1. The molecule has 7 nitrogen and oxygen atoms in total. The van der Waals surface area contributed by atoms with Gasteiger partial charge in [0.15, 0.2) is 5.82 Å². The van der Waals surface area contributed by atoms with Gasteiger partial charge in [0.1, 0.15) is 17.1 Å². The molecule has 4 N–H and O–H groups in total. The van der Waals surface area contributed by atoms with Crippen LogP contribution in [0.5, 0.6) is 5.75 Å². The van der Waals surface area contributed by atoms with Gasteiger partial charge in [-0.1, -0.05) is 12.8 Å². The van der Waals surface area contributed by atoms with E-state index < -0.39 is 23.6 Å². The number of aromatic amines is 1. The minimum Gasteiger partial charge on any atom is -0.506 e. The molecule has 0 aromatic carbocycles. The van der Waals surface area contributed by atoms with Crippen LogP contribution >= 0.6 is 0 Å². The molecule has 0 bridgehead atoms. The fourth-order valence-electron chi connectivity index (χ4n) is 3.48. The van der Waals surface area contributed by atoms with Crippen LogP contribution in [-0.2, 0) is 6.18 Å². The number of aromatic hydroxyl groups is 1. The maximum Gasteiger partial charge on any atom is 0.418 e. The number of halogens is 3. The van der Waals surface area contributed by atoms with E-state index in [0.717, 1.165) is 19.3 Å². The Kier molecular flexibility index (Phi) is 4.58. The average Bonchev–Trinajstić information content (AvgIpc) is 3.13. The third-order valence-corrected chi connectivity index (χ3v) is 4.96. The number of aromatic nitrogens is 4. The summed E-state index contributed by atoms with van der Waals surface area (Å²) < 4.78 is 38.4. The highest BCUT2D eigenvalue weighted by Gasteiger charge is 2.32. The molecule has 1 aliphatic rings. The molecule has 1 saturated carbocycles. The largest absolute Gasteiger partial charge is 0.506 e. The van der Waals surface area contributed by atoms with Crippen molar-refractivity contribution in [3.8, 4) is 17.1 Å². The van der Waals surface area contributed by atoms with E-state index in [4.69, 9.17) is 0 Å². The highest BCUT2D eigenvalue weighted by molar-refractivity contribution is 5.98. The van der Waals surface area contributed by atoms with Gasteiger partial charge in [0.25, 0.3) is 0 Å². The predicted molar refractivity (Wildman–Crippen MR) is 95.7 cm³/mol. The van der Waals surface area contributed by atoms with E-state index in [1.807, 2.05) is 0 Å². The second-order valence-electron chi connectivity index (χ2n) is 6.86. The van der Waals surface area contributed by atoms with Gasteiger partial charge in [0, 0.05) is 17.8 Å². The van der Waals surface area contributed by atoms with Crippen LogP contribution in [0.3, 0.4) is 0 Å². The summed E-state index contributed by atoms with van der Waals surface area (Å²) in [5.74, 6) is -0.180. The normalized spacial score (nSPS) is 20.4. The number of nitrogens with one attached hydrogen (secondary N) is 2. The van der Waals surface area contributed by atoms with Crippen molar-refractivity contribution in [2.75, 3.05) is 5.32 Å². The summed E-state index contributed by atoms with van der Waals surface area (Å²) in [5.41, 5.74) is -0.530. The van der Waals surface area contributed by atoms with Gasteiger partial charge in [-0.3, -0.25) is 0 Å². The van der Waals surface area contributed by atoms with Gasteiger partial charge in [-0.25, -0.2) is 4.98 Å². The van der Waals surface area contributed by atoms with Gasteiger partial charge in [-0.05, 0) is 25.0 Å². The number of rotatable bonds is 3. The Morgan fingerprint density at radius 1 is 1.14 bits per heavy atom. The molecule has 0 unspecified atom stereocenters. The van der Waals surface area contributed by atoms with Crippen molar-refractivity contribution in [3.05, 3.63) is 30.1 Å². The van der Waals surface area contributed by atoms with Crippen molar-refractivity contribution in [2.45, 2.75) is 44.0 Å². The molecule has 4 rings (SSSR count). The van der Waals surface area contributed by atoms with Crippen LogP contribution in [0.15, 0.2) is 24.5 Å². The Bertz CT molecular complexity index is 1000. The van der Waals surface area contributed by atoms with Crippen LogP contribution in [0.2, 0.25) is 0 Å². The Morgan fingerprint density at radius 3 is 2.64 bits per heavy atom. The number of fused-ring (bicyclic) bond motifs is 1. The number of hydrogen-bond acceptors (Lipinski definition) is 6. The molecule has 0 spiro atoms. The van der Waals surface area contributed by atoms with Crippen molar-refractivity contribution >= 4 is 16.7 Å². The van der Waals surface area contributed by atoms with Gasteiger partial charge in [-0.15, -0.1) is 10.2 Å². The van der Waals surface area contributed by atoms with Crippen molar-refractivity contribution < 1.29 is 23.4 Å². The highest BCUT2D eigenvalue weighted by atomic mass is 19.4. The number of alkyl halides is 3. The maximum atomic E-state index is 12.8. The molecule has 1 aliphatic carbocycles. The Morgan fingerprint density at radius 2 is 1.93 bits per heavy atom. The molecule has 0 aliphatic heterocycles. The van der Waals surface area contributed by atoms with Crippen molar-refractivity contribution in [2.24, 2.45) is 0 Å². The van der Waals surface area contributed by atoms with E-state index in [9.17, 15) is 23.4 Å². The van der Waals surface area contributed by atoms with Crippen LogP contribution in [0.1, 0.15) is 31.2 Å². The lowest BCUT2D eigenvalue weighted by Gasteiger charge is -2.28. The van der Waals surface area contributed by atoms with Crippen molar-refractivity contribution in [1.29, 1.82) is 0 Å². The summed E-state index contributed by atoms with van der Waals surface area (Å²) in [5, 5.41) is 32.3. The van der Waals surface area contributed by atoms with Crippen molar-refractivity contribution in [3.63, 3.8) is 0 Å². The number of pyridine rings is 1. The molecule has 10 heteroatoms. The molecule has 28 heavy (non-hydrogen) atoms. The average molecular weight is 393 g/mol. The summed E-state index contributed by atoms with van der Waals surface area (Å²) in [7, 11) is 0.